The summed E-state index contributed by atoms with van der Waals surface area (Å²) in [5, 5.41) is 13.6. The summed E-state index contributed by atoms with van der Waals surface area (Å²) in [5.41, 5.74) is 6.08. The SMILES string of the molecule is Cc1cc(OCP(N[C@@H](C)C(=O)OC(C)C)Oc2ccccc2)cc2c1[C@@H](c1ccc(O)c(C(C)C)c1)CC2. The van der Waals surface area contributed by atoms with Gasteiger partial charge in [0.25, 0.3) is 0 Å². The third-order valence-electron chi connectivity index (χ3n) is 6.92. The van der Waals surface area contributed by atoms with Crippen LogP contribution in [-0.2, 0) is 16.0 Å². The van der Waals surface area contributed by atoms with Crippen molar-refractivity contribution in [2.24, 2.45) is 0 Å². The monoisotopic (exact) mass is 549 g/mol. The zero-order valence-corrected chi connectivity index (χ0v) is 24.6. The molecular formula is C32H40NO5P. The van der Waals surface area contributed by atoms with E-state index in [1.54, 1.807) is 6.92 Å². The van der Waals surface area contributed by atoms with Gasteiger partial charge in [-0.2, -0.15) is 0 Å². The van der Waals surface area contributed by atoms with Crippen molar-refractivity contribution in [3.8, 4) is 17.2 Å². The van der Waals surface area contributed by atoms with Gasteiger partial charge in [0.05, 0.1) is 6.10 Å². The predicted molar refractivity (Wildman–Crippen MR) is 157 cm³/mol. The van der Waals surface area contributed by atoms with Crippen molar-refractivity contribution in [1.82, 2.24) is 5.09 Å². The van der Waals surface area contributed by atoms with Crippen LogP contribution in [0.2, 0.25) is 0 Å². The Bertz CT molecular complexity index is 1280. The molecule has 1 aliphatic rings. The lowest BCUT2D eigenvalue weighted by Gasteiger charge is -2.24. The van der Waals surface area contributed by atoms with Crippen LogP contribution in [-0.4, -0.2) is 29.6 Å². The van der Waals surface area contributed by atoms with Crippen LogP contribution >= 0.6 is 8.30 Å². The zero-order valence-electron chi connectivity index (χ0n) is 23.7. The number of phenolic OH excluding ortho intramolecular Hbond substituents is 1. The van der Waals surface area contributed by atoms with Gasteiger partial charge in [-0.3, -0.25) is 4.79 Å². The van der Waals surface area contributed by atoms with Crippen LogP contribution < -0.4 is 14.3 Å². The molecule has 208 valence electrons. The van der Waals surface area contributed by atoms with E-state index in [1.807, 2.05) is 50.2 Å². The summed E-state index contributed by atoms with van der Waals surface area (Å²) in [6.07, 6.45) is 2.10. The van der Waals surface area contributed by atoms with E-state index in [-0.39, 0.29) is 24.3 Å². The largest absolute Gasteiger partial charge is 0.508 e. The number of nitrogens with one attached hydrogen (secondary N) is 1. The average molecular weight is 550 g/mol. The first-order valence-corrected chi connectivity index (χ1v) is 15.1. The number of ether oxygens (including phenoxy) is 2. The molecule has 0 radical (unpaired) electrons. The highest BCUT2D eigenvalue weighted by molar-refractivity contribution is 7.50. The maximum Gasteiger partial charge on any atom is 0.323 e. The molecule has 39 heavy (non-hydrogen) atoms. The fraction of sp³-hybridized carbons (Fsp3) is 0.406. The van der Waals surface area contributed by atoms with Gasteiger partial charge in [-0.05, 0) is 105 Å². The molecule has 0 aromatic heterocycles. The maximum atomic E-state index is 12.4. The van der Waals surface area contributed by atoms with Gasteiger partial charge in [-0.25, -0.2) is 5.09 Å². The number of fused-ring (bicyclic) bond motifs is 1. The third-order valence-corrected chi connectivity index (χ3v) is 8.39. The number of hydrogen-bond acceptors (Lipinski definition) is 6. The van der Waals surface area contributed by atoms with E-state index < -0.39 is 14.3 Å². The molecule has 1 aliphatic carbocycles. The Morgan fingerprint density at radius 1 is 1.03 bits per heavy atom. The lowest BCUT2D eigenvalue weighted by Crippen LogP contribution is -2.35. The predicted octanol–water partition coefficient (Wildman–Crippen LogP) is 7.56. The van der Waals surface area contributed by atoms with Crippen molar-refractivity contribution in [3.63, 3.8) is 0 Å². The van der Waals surface area contributed by atoms with E-state index in [2.05, 4.69) is 50.1 Å². The summed E-state index contributed by atoms with van der Waals surface area (Å²) >= 11 is 0. The summed E-state index contributed by atoms with van der Waals surface area (Å²) in [6.45, 7) is 11.8. The molecule has 0 saturated carbocycles. The molecule has 0 spiro atoms. The average Bonchev–Trinajstić information content (AvgIpc) is 3.32. The Morgan fingerprint density at radius 2 is 1.77 bits per heavy atom. The molecule has 3 atom stereocenters. The topological polar surface area (TPSA) is 77.0 Å². The van der Waals surface area contributed by atoms with Gasteiger partial charge in [0.2, 0.25) is 8.30 Å². The molecule has 2 N–H and O–H groups in total. The molecule has 1 unspecified atom stereocenters. The number of phenols is 1. The molecule has 7 heteroatoms. The normalized spacial score (nSPS) is 16.2. The van der Waals surface area contributed by atoms with Crippen LogP contribution in [0, 0.1) is 6.92 Å². The van der Waals surface area contributed by atoms with Crippen LogP contribution in [0.1, 0.15) is 80.7 Å². The molecule has 6 nitrogen and oxygen atoms in total. The Morgan fingerprint density at radius 3 is 2.46 bits per heavy atom. The van der Waals surface area contributed by atoms with Gasteiger partial charge in [-0.15, -0.1) is 0 Å². The van der Waals surface area contributed by atoms with Crippen LogP contribution in [0.4, 0.5) is 0 Å². The minimum Gasteiger partial charge on any atom is -0.508 e. The highest BCUT2D eigenvalue weighted by Gasteiger charge is 2.28. The first-order chi connectivity index (χ1) is 18.6. The third kappa shape index (κ3) is 7.32. The minimum atomic E-state index is -1.33. The van der Waals surface area contributed by atoms with Crippen molar-refractivity contribution in [1.29, 1.82) is 0 Å². The number of esters is 1. The first-order valence-electron chi connectivity index (χ1n) is 13.7. The summed E-state index contributed by atoms with van der Waals surface area (Å²) in [6, 6.07) is 19.3. The number of aromatic hydroxyl groups is 1. The summed E-state index contributed by atoms with van der Waals surface area (Å²) < 4.78 is 17.8. The lowest BCUT2D eigenvalue weighted by atomic mass is 9.87. The molecule has 3 aromatic carbocycles. The first kappa shape index (κ1) is 28.9. The molecular weight excluding hydrogens is 509 g/mol. The second-order valence-electron chi connectivity index (χ2n) is 10.8. The van der Waals surface area contributed by atoms with Gasteiger partial charge in [0.15, 0.2) is 6.35 Å². The molecule has 0 aliphatic heterocycles. The Kier molecular flexibility index (Phi) is 9.53. The van der Waals surface area contributed by atoms with Gasteiger partial charge < -0.3 is 19.1 Å². The minimum absolute atomic E-state index is 0.184. The second kappa shape index (κ2) is 12.8. The number of para-hydroxylation sites is 1. The Labute approximate surface area is 233 Å². The highest BCUT2D eigenvalue weighted by atomic mass is 31.2. The molecule has 3 aromatic rings. The van der Waals surface area contributed by atoms with Crippen molar-refractivity contribution in [2.75, 3.05) is 6.35 Å². The van der Waals surface area contributed by atoms with E-state index in [1.165, 1.54) is 22.3 Å². The van der Waals surface area contributed by atoms with E-state index >= 15 is 0 Å². The zero-order chi connectivity index (χ0) is 28.1. The maximum absolute atomic E-state index is 12.4. The number of hydrogen-bond donors (Lipinski definition) is 2. The van der Waals surface area contributed by atoms with E-state index in [0.717, 1.165) is 24.2 Å². The van der Waals surface area contributed by atoms with E-state index in [0.29, 0.717) is 17.4 Å². The molecule has 0 amide bonds. The second-order valence-corrected chi connectivity index (χ2v) is 12.2. The number of aryl methyl sites for hydroxylation is 2. The van der Waals surface area contributed by atoms with E-state index in [4.69, 9.17) is 14.0 Å². The molecule has 0 fully saturated rings. The number of carbonyl (C=O) groups excluding carboxylic acids is 1. The van der Waals surface area contributed by atoms with Crippen molar-refractivity contribution >= 4 is 14.3 Å². The molecule has 4 rings (SSSR count). The van der Waals surface area contributed by atoms with Crippen LogP contribution in [0.25, 0.3) is 0 Å². The van der Waals surface area contributed by atoms with Gasteiger partial charge >= 0.3 is 5.97 Å². The van der Waals surface area contributed by atoms with Crippen molar-refractivity contribution in [3.05, 3.63) is 88.5 Å². The Hall–Kier alpha value is -3.08. The fourth-order valence-electron chi connectivity index (χ4n) is 5.09. The van der Waals surface area contributed by atoms with Crippen LogP contribution in [0.5, 0.6) is 17.2 Å². The number of benzene rings is 3. The molecule has 0 bridgehead atoms. The summed E-state index contributed by atoms with van der Waals surface area (Å²) in [5.74, 6) is 2.13. The van der Waals surface area contributed by atoms with Crippen molar-refractivity contribution < 1.29 is 23.9 Å². The standard InChI is InChI=1S/C32H40NO5P/c1-20(2)29-18-24(13-15-30(29)34)28-14-12-25-17-27(16-22(5)31(25)28)36-19-39(38-26-10-8-7-9-11-26)33-23(6)32(35)37-21(3)4/h7-11,13,15-18,20-21,23,28,33-34H,12,14,19H2,1-6H3/t23-,28+,39?/m0/s1. The van der Waals surface area contributed by atoms with E-state index in [9.17, 15) is 9.90 Å². The molecule has 0 heterocycles. The van der Waals surface area contributed by atoms with Crippen LogP contribution in [0.3, 0.4) is 0 Å². The van der Waals surface area contributed by atoms with Gasteiger partial charge in [0.1, 0.15) is 23.3 Å². The van der Waals surface area contributed by atoms with Crippen molar-refractivity contribution in [2.45, 2.75) is 78.4 Å². The summed E-state index contributed by atoms with van der Waals surface area (Å²) in [4.78, 5) is 12.4. The van der Waals surface area contributed by atoms with Gasteiger partial charge in [-0.1, -0.05) is 44.2 Å². The summed E-state index contributed by atoms with van der Waals surface area (Å²) in [7, 11) is -1.33. The Balaban J connectivity index is 1.50. The van der Waals surface area contributed by atoms with Gasteiger partial charge in [0, 0.05) is 5.92 Å². The lowest BCUT2D eigenvalue weighted by molar-refractivity contribution is -0.148. The highest BCUT2D eigenvalue weighted by Crippen LogP contribution is 2.44. The number of carbonyl (C=O) groups is 1. The number of rotatable bonds is 11. The smallest absolute Gasteiger partial charge is 0.323 e. The quantitative estimate of drug-likeness (QED) is 0.190. The van der Waals surface area contributed by atoms with Crippen LogP contribution in [0.15, 0.2) is 60.7 Å². The molecule has 0 saturated heterocycles. The fourth-order valence-corrected chi connectivity index (χ4v) is 6.45.